The highest BCUT2D eigenvalue weighted by atomic mass is 16.5. The van der Waals surface area contributed by atoms with E-state index in [0.717, 1.165) is 0 Å². The molecule has 2 rings (SSSR count). The fraction of sp³-hybridized carbons (Fsp3) is 0.857. The van der Waals surface area contributed by atoms with Gasteiger partial charge in [-0.2, -0.15) is 0 Å². The molecule has 0 aromatic heterocycles. The molecule has 2 N–H and O–H groups in total. The minimum Gasteiger partial charge on any atom is -0.388 e. The first-order valence-electron chi connectivity index (χ1n) is 7.33. The quantitative estimate of drug-likeness (QED) is 0.759. The second kappa shape index (κ2) is 6.54. The zero-order valence-electron chi connectivity index (χ0n) is 12.1. The maximum Gasteiger partial charge on any atom is 0.223 e. The van der Waals surface area contributed by atoms with E-state index in [1.54, 1.807) is 11.8 Å². The minimum atomic E-state index is -0.825. The van der Waals surface area contributed by atoms with Crippen LogP contribution >= 0.6 is 0 Å². The van der Waals surface area contributed by atoms with E-state index in [0.29, 0.717) is 58.5 Å². The summed E-state index contributed by atoms with van der Waals surface area (Å²) in [6.07, 6.45) is 2.53. The van der Waals surface area contributed by atoms with Crippen molar-refractivity contribution < 1.29 is 19.4 Å². The summed E-state index contributed by atoms with van der Waals surface area (Å²) in [5.41, 5.74) is -0.825. The zero-order chi connectivity index (χ0) is 14.6. The number of hydrogen-bond acceptors (Lipinski definition) is 4. The fourth-order valence-corrected chi connectivity index (χ4v) is 2.78. The maximum atomic E-state index is 12.1. The smallest absolute Gasteiger partial charge is 0.223 e. The van der Waals surface area contributed by atoms with Gasteiger partial charge in [-0.1, -0.05) is 0 Å². The van der Waals surface area contributed by atoms with Gasteiger partial charge in [0.25, 0.3) is 0 Å². The Morgan fingerprint density at radius 3 is 2.45 bits per heavy atom. The number of amides is 2. The predicted molar refractivity (Wildman–Crippen MR) is 73.0 cm³/mol. The zero-order valence-corrected chi connectivity index (χ0v) is 12.1. The standard InChI is InChI=1S/C14H24N2O4/c1-11(17)16-6-2-12(3-7-16)13(18)15-10-14(19)4-8-20-9-5-14/h12,19H,2-10H2,1H3,(H,15,18). The van der Waals surface area contributed by atoms with E-state index in [1.165, 1.54) is 0 Å². The lowest BCUT2D eigenvalue weighted by molar-refractivity contribution is -0.134. The van der Waals surface area contributed by atoms with Gasteiger partial charge >= 0.3 is 0 Å². The van der Waals surface area contributed by atoms with Gasteiger partial charge in [0, 0.05) is 58.5 Å². The lowest BCUT2D eigenvalue weighted by Crippen LogP contribution is -2.49. The van der Waals surface area contributed by atoms with Gasteiger partial charge in [0.2, 0.25) is 11.8 Å². The van der Waals surface area contributed by atoms with Crippen molar-refractivity contribution in [1.29, 1.82) is 0 Å². The van der Waals surface area contributed by atoms with Crippen LogP contribution in [0.4, 0.5) is 0 Å². The average molecular weight is 284 g/mol. The SMILES string of the molecule is CC(=O)N1CCC(C(=O)NCC2(O)CCOCC2)CC1. The fourth-order valence-electron chi connectivity index (χ4n) is 2.78. The second-order valence-corrected chi connectivity index (χ2v) is 5.83. The number of likely N-dealkylation sites (tertiary alicyclic amines) is 1. The average Bonchev–Trinajstić information content (AvgIpc) is 2.46. The highest BCUT2D eigenvalue weighted by Gasteiger charge is 2.32. The number of ether oxygens (including phenoxy) is 1. The van der Waals surface area contributed by atoms with E-state index in [9.17, 15) is 14.7 Å². The molecule has 2 heterocycles. The van der Waals surface area contributed by atoms with Crippen LogP contribution in [0.1, 0.15) is 32.6 Å². The summed E-state index contributed by atoms with van der Waals surface area (Å²) in [7, 11) is 0. The Morgan fingerprint density at radius 2 is 1.90 bits per heavy atom. The number of rotatable bonds is 3. The van der Waals surface area contributed by atoms with Crippen molar-refractivity contribution in [2.75, 3.05) is 32.8 Å². The molecule has 114 valence electrons. The summed E-state index contributed by atoms with van der Waals surface area (Å²) in [4.78, 5) is 25.1. The van der Waals surface area contributed by atoms with Crippen molar-refractivity contribution in [3.05, 3.63) is 0 Å². The van der Waals surface area contributed by atoms with Gasteiger partial charge in [-0.3, -0.25) is 9.59 Å². The van der Waals surface area contributed by atoms with Crippen molar-refractivity contribution in [3.63, 3.8) is 0 Å². The summed E-state index contributed by atoms with van der Waals surface area (Å²) in [6, 6.07) is 0. The highest BCUT2D eigenvalue weighted by Crippen LogP contribution is 2.21. The van der Waals surface area contributed by atoms with Crippen LogP contribution in [0.25, 0.3) is 0 Å². The van der Waals surface area contributed by atoms with Crippen LogP contribution in [0.15, 0.2) is 0 Å². The molecule has 20 heavy (non-hydrogen) atoms. The lowest BCUT2D eigenvalue weighted by Gasteiger charge is -2.34. The Balaban J connectivity index is 1.74. The number of hydrogen-bond donors (Lipinski definition) is 2. The number of nitrogens with one attached hydrogen (secondary N) is 1. The van der Waals surface area contributed by atoms with Crippen molar-refractivity contribution in [2.24, 2.45) is 5.92 Å². The van der Waals surface area contributed by atoms with Gasteiger partial charge < -0.3 is 20.1 Å². The monoisotopic (exact) mass is 284 g/mol. The number of carbonyl (C=O) groups excluding carboxylic acids is 2. The largest absolute Gasteiger partial charge is 0.388 e. The van der Waals surface area contributed by atoms with E-state index >= 15 is 0 Å². The van der Waals surface area contributed by atoms with Crippen molar-refractivity contribution in [3.8, 4) is 0 Å². The highest BCUT2D eigenvalue weighted by molar-refractivity contribution is 5.79. The van der Waals surface area contributed by atoms with Crippen LogP contribution in [-0.2, 0) is 14.3 Å². The molecule has 2 amide bonds. The van der Waals surface area contributed by atoms with Crippen molar-refractivity contribution in [1.82, 2.24) is 10.2 Å². The molecular weight excluding hydrogens is 260 g/mol. The first kappa shape index (κ1) is 15.3. The van der Waals surface area contributed by atoms with Crippen LogP contribution in [0.2, 0.25) is 0 Å². The summed E-state index contributed by atoms with van der Waals surface area (Å²) < 4.78 is 5.21. The van der Waals surface area contributed by atoms with Crippen LogP contribution in [0, 0.1) is 5.92 Å². The van der Waals surface area contributed by atoms with Crippen LogP contribution < -0.4 is 5.32 Å². The molecule has 0 radical (unpaired) electrons. The molecule has 0 aliphatic carbocycles. The molecule has 0 spiro atoms. The summed E-state index contributed by atoms with van der Waals surface area (Å²) >= 11 is 0. The molecule has 0 aromatic carbocycles. The van der Waals surface area contributed by atoms with E-state index in [-0.39, 0.29) is 17.7 Å². The molecule has 6 heteroatoms. The van der Waals surface area contributed by atoms with Crippen molar-refractivity contribution in [2.45, 2.75) is 38.2 Å². The molecular formula is C14H24N2O4. The molecule has 2 fully saturated rings. The van der Waals surface area contributed by atoms with Gasteiger partial charge in [-0.15, -0.1) is 0 Å². The number of nitrogens with zero attached hydrogens (tertiary/aromatic N) is 1. The number of piperidine rings is 1. The number of carbonyl (C=O) groups is 2. The molecule has 6 nitrogen and oxygen atoms in total. The summed E-state index contributed by atoms with van der Waals surface area (Å²) in [5, 5.41) is 13.1. The molecule has 2 saturated heterocycles. The van der Waals surface area contributed by atoms with E-state index in [2.05, 4.69) is 5.32 Å². The van der Waals surface area contributed by atoms with Crippen LogP contribution in [0.5, 0.6) is 0 Å². The molecule has 0 unspecified atom stereocenters. The minimum absolute atomic E-state index is 0.00637. The molecule has 2 aliphatic heterocycles. The van der Waals surface area contributed by atoms with Crippen LogP contribution in [-0.4, -0.2) is 60.3 Å². The second-order valence-electron chi connectivity index (χ2n) is 5.83. The Morgan fingerprint density at radius 1 is 1.30 bits per heavy atom. The topological polar surface area (TPSA) is 78.9 Å². The Kier molecular flexibility index (Phi) is 4.99. The molecule has 2 aliphatic rings. The van der Waals surface area contributed by atoms with E-state index in [1.807, 2.05) is 0 Å². The Bertz CT molecular complexity index is 358. The molecule has 0 aromatic rings. The Labute approximate surface area is 119 Å². The molecule has 0 atom stereocenters. The predicted octanol–water partition coefficient (Wildman–Crippen LogP) is -0.0974. The molecule has 0 bridgehead atoms. The van der Waals surface area contributed by atoms with Gasteiger partial charge in [-0.05, 0) is 12.8 Å². The van der Waals surface area contributed by atoms with Gasteiger partial charge in [0.1, 0.15) is 0 Å². The molecule has 0 saturated carbocycles. The van der Waals surface area contributed by atoms with Gasteiger partial charge in [0.15, 0.2) is 0 Å². The third-order valence-corrected chi connectivity index (χ3v) is 4.33. The van der Waals surface area contributed by atoms with Crippen molar-refractivity contribution >= 4 is 11.8 Å². The maximum absolute atomic E-state index is 12.1. The Hall–Kier alpha value is -1.14. The van der Waals surface area contributed by atoms with Gasteiger partial charge in [-0.25, -0.2) is 0 Å². The van der Waals surface area contributed by atoms with Crippen LogP contribution in [0.3, 0.4) is 0 Å². The van der Waals surface area contributed by atoms with E-state index < -0.39 is 5.60 Å². The lowest BCUT2D eigenvalue weighted by atomic mass is 9.92. The third kappa shape index (κ3) is 3.93. The van der Waals surface area contributed by atoms with Gasteiger partial charge in [0.05, 0.1) is 5.60 Å². The summed E-state index contributed by atoms with van der Waals surface area (Å²) in [5.74, 6) is 0.0162. The third-order valence-electron chi connectivity index (χ3n) is 4.33. The number of aliphatic hydroxyl groups is 1. The first-order chi connectivity index (χ1) is 9.50. The normalized spacial score (nSPS) is 23.4. The summed E-state index contributed by atoms with van der Waals surface area (Å²) in [6.45, 7) is 4.23. The van der Waals surface area contributed by atoms with E-state index in [4.69, 9.17) is 4.74 Å². The first-order valence-corrected chi connectivity index (χ1v) is 7.33.